The van der Waals surface area contributed by atoms with Crippen molar-refractivity contribution >= 4 is 0 Å². The molecule has 4 heteroatoms. The highest BCUT2D eigenvalue weighted by atomic mass is 16.5. The fourth-order valence-electron chi connectivity index (χ4n) is 2.06. The van der Waals surface area contributed by atoms with Crippen LogP contribution in [0.4, 0.5) is 0 Å². The summed E-state index contributed by atoms with van der Waals surface area (Å²) in [7, 11) is 0. The van der Waals surface area contributed by atoms with E-state index in [0.29, 0.717) is 5.92 Å². The fourth-order valence-corrected chi connectivity index (χ4v) is 2.06. The SMILES string of the molecule is CC(C)(C)c1ncc(OCC2CCCNC2)cn1. The summed E-state index contributed by atoms with van der Waals surface area (Å²) in [5, 5.41) is 3.39. The minimum absolute atomic E-state index is 0.00812. The van der Waals surface area contributed by atoms with Crippen LogP contribution in [0.15, 0.2) is 12.4 Å². The minimum Gasteiger partial charge on any atom is -0.490 e. The predicted molar refractivity (Wildman–Crippen MR) is 71.8 cm³/mol. The Balaban J connectivity index is 1.86. The summed E-state index contributed by atoms with van der Waals surface area (Å²) in [4.78, 5) is 8.72. The summed E-state index contributed by atoms with van der Waals surface area (Å²) in [6, 6.07) is 0. The summed E-state index contributed by atoms with van der Waals surface area (Å²) < 4.78 is 5.75. The van der Waals surface area contributed by atoms with Gasteiger partial charge in [-0.05, 0) is 19.4 Å². The van der Waals surface area contributed by atoms with Gasteiger partial charge in [0.15, 0.2) is 5.75 Å². The van der Waals surface area contributed by atoms with Crippen molar-refractivity contribution < 1.29 is 4.74 Å². The van der Waals surface area contributed by atoms with Crippen molar-refractivity contribution in [3.8, 4) is 5.75 Å². The molecular formula is C14H23N3O. The maximum absolute atomic E-state index is 5.75. The van der Waals surface area contributed by atoms with E-state index in [9.17, 15) is 0 Å². The number of hydrogen-bond donors (Lipinski definition) is 1. The molecule has 18 heavy (non-hydrogen) atoms. The highest BCUT2D eigenvalue weighted by Crippen LogP contribution is 2.19. The average molecular weight is 249 g/mol. The van der Waals surface area contributed by atoms with Gasteiger partial charge in [0, 0.05) is 17.9 Å². The molecule has 0 saturated carbocycles. The Morgan fingerprint density at radius 2 is 2.06 bits per heavy atom. The summed E-state index contributed by atoms with van der Waals surface area (Å²) in [5.74, 6) is 2.24. The highest BCUT2D eigenvalue weighted by Gasteiger charge is 2.17. The molecule has 100 valence electrons. The van der Waals surface area contributed by atoms with Crippen molar-refractivity contribution in [3.05, 3.63) is 18.2 Å². The van der Waals surface area contributed by atoms with Crippen LogP contribution in [0.3, 0.4) is 0 Å². The molecule has 0 aromatic carbocycles. The highest BCUT2D eigenvalue weighted by molar-refractivity contribution is 5.15. The smallest absolute Gasteiger partial charge is 0.155 e. The van der Waals surface area contributed by atoms with Gasteiger partial charge in [0.25, 0.3) is 0 Å². The monoisotopic (exact) mass is 249 g/mol. The Hall–Kier alpha value is -1.16. The topological polar surface area (TPSA) is 47.0 Å². The molecule has 2 heterocycles. The lowest BCUT2D eigenvalue weighted by Gasteiger charge is -2.22. The molecule has 1 N–H and O–H groups in total. The van der Waals surface area contributed by atoms with E-state index in [4.69, 9.17) is 4.74 Å². The zero-order chi connectivity index (χ0) is 13.0. The maximum atomic E-state index is 5.75. The molecule has 0 aliphatic carbocycles. The molecule has 1 fully saturated rings. The minimum atomic E-state index is -0.00812. The average Bonchev–Trinajstić information content (AvgIpc) is 2.37. The van der Waals surface area contributed by atoms with E-state index in [-0.39, 0.29) is 5.41 Å². The molecule has 2 rings (SSSR count). The molecule has 1 aliphatic heterocycles. The molecule has 1 aromatic rings. The van der Waals surface area contributed by atoms with E-state index in [1.807, 2.05) is 0 Å². The largest absolute Gasteiger partial charge is 0.490 e. The number of piperidine rings is 1. The van der Waals surface area contributed by atoms with Crippen LogP contribution in [0.2, 0.25) is 0 Å². The van der Waals surface area contributed by atoms with Crippen LogP contribution >= 0.6 is 0 Å². The summed E-state index contributed by atoms with van der Waals surface area (Å²) in [5.41, 5.74) is -0.00812. The Kier molecular flexibility index (Phi) is 4.17. The standard InChI is InChI=1S/C14H23N3O/c1-14(2,3)13-16-8-12(9-17-13)18-10-11-5-4-6-15-7-11/h8-9,11,15H,4-7,10H2,1-3H3. The Labute approximate surface area is 109 Å². The van der Waals surface area contributed by atoms with Gasteiger partial charge in [-0.3, -0.25) is 0 Å². The van der Waals surface area contributed by atoms with Crippen LogP contribution in [-0.4, -0.2) is 29.7 Å². The first-order valence-electron chi connectivity index (χ1n) is 6.72. The van der Waals surface area contributed by atoms with Gasteiger partial charge in [-0.2, -0.15) is 0 Å². The van der Waals surface area contributed by atoms with Crippen molar-refractivity contribution in [2.75, 3.05) is 19.7 Å². The third kappa shape index (κ3) is 3.67. The van der Waals surface area contributed by atoms with Crippen LogP contribution < -0.4 is 10.1 Å². The van der Waals surface area contributed by atoms with Crippen molar-refractivity contribution in [1.29, 1.82) is 0 Å². The van der Waals surface area contributed by atoms with Crippen molar-refractivity contribution in [1.82, 2.24) is 15.3 Å². The second-order valence-electron chi connectivity index (χ2n) is 6.02. The Bertz CT molecular complexity index is 364. The van der Waals surface area contributed by atoms with E-state index >= 15 is 0 Å². The number of rotatable bonds is 3. The van der Waals surface area contributed by atoms with Gasteiger partial charge >= 0.3 is 0 Å². The molecule has 1 saturated heterocycles. The second kappa shape index (κ2) is 5.65. The molecule has 1 unspecified atom stereocenters. The van der Waals surface area contributed by atoms with E-state index in [0.717, 1.165) is 31.3 Å². The molecule has 4 nitrogen and oxygen atoms in total. The van der Waals surface area contributed by atoms with Crippen LogP contribution in [0, 0.1) is 5.92 Å². The van der Waals surface area contributed by atoms with Crippen LogP contribution in [0.1, 0.15) is 39.4 Å². The van der Waals surface area contributed by atoms with Crippen molar-refractivity contribution in [3.63, 3.8) is 0 Å². The lowest BCUT2D eigenvalue weighted by atomic mass is 9.96. The Morgan fingerprint density at radius 1 is 1.33 bits per heavy atom. The van der Waals surface area contributed by atoms with E-state index in [2.05, 4.69) is 36.1 Å². The molecule has 0 spiro atoms. The third-order valence-electron chi connectivity index (χ3n) is 3.18. The second-order valence-corrected chi connectivity index (χ2v) is 6.02. The number of nitrogens with one attached hydrogen (secondary N) is 1. The van der Waals surface area contributed by atoms with Gasteiger partial charge in [0.2, 0.25) is 0 Å². The summed E-state index contributed by atoms with van der Waals surface area (Å²) in [6.07, 6.45) is 6.05. The zero-order valence-electron chi connectivity index (χ0n) is 11.6. The fraction of sp³-hybridized carbons (Fsp3) is 0.714. The third-order valence-corrected chi connectivity index (χ3v) is 3.18. The summed E-state index contributed by atoms with van der Waals surface area (Å²) >= 11 is 0. The molecule has 0 bridgehead atoms. The predicted octanol–water partition coefficient (Wildman–Crippen LogP) is 2.15. The van der Waals surface area contributed by atoms with Crippen molar-refractivity contribution in [2.24, 2.45) is 5.92 Å². The number of aromatic nitrogens is 2. The van der Waals surface area contributed by atoms with Gasteiger partial charge in [-0.1, -0.05) is 20.8 Å². The zero-order valence-corrected chi connectivity index (χ0v) is 11.6. The molecule has 1 aliphatic rings. The van der Waals surface area contributed by atoms with Gasteiger partial charge in [0.1, 0.15) is 5.82 Å². The number of hydrogen-bond acceptors (Lipinski definition) is 4. The maximum Gasteiger partial charge on any atom is 0.155 e. The van der Waals surface area contributed by atoms with E-state index in [1.54, 1.807) is 12.4 Å². The molecule has 0 radical (unpaired) electrons. The van der Waals surface area contributed by atoms with Crippen molar-refractivity contribution in [2.45, 2.75) is 39.0 Å². The van der Waals surface area contributed by atoms with E-state index < -0.39 is 0 Å². The first kappa shape index (κ1) is 13.3. The molecule has 0 amide bonds. The lowest BCUT2D eigenvalue weighted by molar-refractivity contribution is 0.217. The van der Waals surface area contributed by atoms with Gasteiger partial charge < -0.3 is 10.1 Å². The van der Waals surface area contributed by atoms with Crippen LogP contribution in [0.5, 0.6) is 5.75 Å². The van der Waals surface area contributed by atoms with Gasteiger partial charge in [0.05, 0.1) is 19.0 Å². The molecular weight excluding hydrogens is 226 g/mol. The molecule has 1 aromatic heterocycles. The normalized spacial score (nSPS) is 20.7. The van der Waals surface area contributed by atoms with Gasteiger partial charge in [-0.15, -0.1) is 0 Å². The van der Waals surface area contributed by atoms with E-state index in [1.165, 1.54) is 12.8 Å². The first-order valence-corrected chi connectivity index (χ1v) is 6.72. The quantitative estimate of drug-likeness (QED) is 0.891. The first-order chi connectivity index (χ1) is 8.55. The lowest BCUT2D eigenvalue weighted by Crippen LogP contribution is -2.33. The number of nitrogens with zero attached hydrogens (tertiary/aromatic N) is 2. The van der Waals surface area contributed by atoms with Crippen LogP contribution in [-0.2, 0) is 5.41 Å². The summed E-state index contributed by atoms with van der Waals surface area (Å²) in [6.45, 7) is 9.27. The van der Waals surface area contributed by atoms with Crippen LogP contribution in [0.25, 0.3) is 0 Å². The molecule has 1 atom stereocenters. The van der Waals surface area contributed by atoms with Gasteiger partial charge in [-0.25, -0.2) is 9.97 Å². The Morgan fingerprint density at radius 3 is 2.61 bits per heavy atom. The number of ether oxygens (including phenoxy) is 1.